The number of ether oxygens (including phenoxy) is 5. The summed E-state index contributed by atoms with van der Waals surface area (Å²) in [6.07, 6.45) is -10.2. The maximum atomic E-state index is 15.3. The number of benzene rings is 10. The van der Waals surface area contributed by atoms with E-state index in [0.29, 0.717) is 86.0 Å². The van der Waals surface area contributed by atoms with Crippen LogP contribution in [0.25, 0.3) is 22.3 Å². The van der Waals surface area contributed by atoms with Gasteiger partial charge in [-0.15, -0.1) is 0 Å². The van der Waals surface area contributed by atoms with Gasteiger partial charge in [0, 0.05) is 45.6 Å². The van der Waals surface area contributed by atoms with E-state index in [0.717, 1.165) is 29.8 Å². The number of pyridine rings is 1. The first-order valence-corrected chi connectivity index (χ1v) is 29.8. The lowest BCUT2D eigenvalue weighted by Crippen LogP contribution is -2.54. The number of hydrogen-bond donors (Lipinski definition) is 0. The molecule has 0 radical (unpaired) electrons. The molecule has 11 rings (SSSR count). The molecule has 17 heteroatoms. The van der Waals surface area contributed by atoms with Gasteiger partial charge in [-0.1, -0.05) is 142 Å². The number of nitrogens with zero attached hydrogens (tertiary/aromatic N) is 4. The molecule has 0 saturated heterocycles. The molecule has 0 fully saturated rings. The van der Waals surface area contributed by atoms with E-state index in [9.17, 15) is 20.6 Å². The van der Waals surface area contributed by atoms with Gasteiger partial charge in [-0.25, -0.2) is 4.98 Å². The summed E-state index contributed by atoms with van der Waals surface area (Å²) in [5, 5.41) is 31.2. The van der Waals surface area contributed by atoms with Gasteiger partial charge < -0.3 is 23.7 Å². The number of hydrogen-bond acceptors (Lipinski definition) is 11. The Bertz CT molecular complexity index is 4880. The Kier molecular flexibility index (Phi) is 18.2. The maximum Gasteiger partial charge on any atom is 0.411 e. The summed E-state index contributed by atoms with van der Waals surface area (Å²) < 4.78 is 122. The van der Waals surface area contributed by atoms with Crippen molar-refractivity contribution in [2.45, 2.75) is 57.8 Å². The molecule has 0 N–H and O–H groups in total. The van der Waals surface area contributed by atoms with Crippen LogP contribution >= 0.6 is 0 Å². The van der Waals surface area contributed by atoms with Crippen LogP contribution in [0.3, 0.4) is 0 Å². The van der Waals surface area contributed by atoms with Crippen LogP contribution in [0.5, 0.6) is 57.6 Å². The molecular formula is C79H54F6N4O7. The zero-order valence-corrected chi connectivity index (χ0v) is 51.9. The third-order valence-corrected chi connectivity index (χ3v) is 16.0. The van der Waals surface area contributed by atoms with Gasteiger partial charge in [-0.2, -0.15) is 42.1 Å². The number of alkyl halides is 6. The summed E-state index contributed by atoms with van der Waals surface area (Å²) in [6.45, 7) is 9.26. The monoisotopic (exact) mass is 1280 g/mol. The van der Waals surface area contributed by atoms with Crippen molar-refractivity contribution in [2.24, 2.45) is 0 Å². The molecule has 11 aromatic rings. The van der Waals surface area contributed by atoms with Crippen LogP contribution in [0.15, 0.2) is 237 Å². The second-order valence-electron chi connectivity index (χ2n) is 23.3. The van der Waals surface area contributed by atoms with Gasteiger partial charge in [0.25, 0.3) is 0 Å². The van der Waals surface area contributed by atoms with Gasteiger partial charge in [-0.3, -0.25) is 9.59 Å². The molecule has 96 heavy (non-hydrogen) atoms. The van der Waals surface area contributed by atoms with Crippen molar-refractivity contribution in [3.05, 3.63) is 303 Å². The summed E-state index contributed by atoms with van der Waals surface area (Å²) in [5.41, 5.74) is -2.13. The van der Waals surface area contributed by atoms with Crippen LogP contribution in [0.2, 0.25) is 0 Å². The topological polar surface area (TPSA) is 165 Å². The van der Waals surface area contributed by atoms with Gasteiger partial charge in [0.2, 0.25) is 11.3 Å². The molecule has 11 nitrogen and oxygen atoms in total. The van der Waals surface area contributed by atoms with E-state index >= 15 is 31.1 Å². The predicted octanol–water partition coefficient (Wildman–Crippen LogP) is 20.8. The normalized spacial score (nSPS) is 11.5. The Morgan fingerprint density at radius 3 is 1.47 bits per heavy atom. The lowest BCUT2D eigenvalue weighted by molar-refractivity contribution is -0.288. The average molecular weight is 1290 g/mol. The lowest BCUT2D eigenvalue weighted by atomic mass is 9.73. The van der Waals surface area contributed by atoms with Crippen LogP contribution in [0.1, 0.15) is 97.1 Å². The number of ketones is 2. The first-order valence-electron chi connectivity index (χ1n) is 29.8. The molecule has 0 unspecified atom stereocenters. The van der Waals surface area contributed by atoms with E-state index in [-0.39, 0.29) is 74.0 Å². The zero-order valence-electron chi connectivity index (χ0n) is 51.9. The molecule has 0 bridgehead atoms. The van der Waals surface area contributed by atoms with E-state index < -0.39 is 40.1 Å². The molecule has 474 valence electrons. The van der Waals surface area contributed by atoms with E-state index in [1.165, 1.54) is 24.3 Å². The molecule has 1 heterocycles. The highest BCUT2D eigenvalue weighted by Gasteiger charge is 2.72. The SMILES string of the molecule is Cc1ccc(-c2ccc(-c3cccc(Oc4ccc(Oc5cccc(Oc6ccc(C(c7ccc(Oc8cccc(C)c8C#N)cc7)(C(F)(F)F)C(F)(F)F)cc6)c5C#N)c(C(C)(C)C)c4)c3C#N)c(C(=O)c3ccc(Oc4ccccn4)cc3)c2)c(C(=O)c2ccccc2)c1. The number of halogens is 6. The predicted molar refractivity (Wildman–Crippen MR) is 349 cm³/mol. The lowest BCUT2D eigenvalue weighted by Gasteiger charge is -2.38. The highest BCUT2D eigenvalue weighted by atomic mass is 19.4. The van der Waals surface area contributed by atoms with E-state index in [1.807, 2.05) is 64.1 Å². The van der Waals surface area contributed by atoms with E-state index in [1.54, 1.807) is 147 Å². The fourth-order valence-corrected chi connectivity index (χ4v) is 11.2. The largest absolute Gasteiger partial charge is 0.456 e. The Morgan fingerprint density at radius 2 is 0.896 bits per heavy atom. The molecule has 0 saturated carbocycles. The number of aromatic nitrogens is 1. The molecule has 10 aromatic carbocycles. The second kappa shape index (κ2) is 26.8. The molecule has 0 amide bonds. The Morgan fingerprint density at radius 1 is 0.406 bits per heavy atom. The number of nitriles is 3. The van der Waals surface area contributed by atoms with E-state index in [4.69, 9.17) is 23.7 Å². The second-order valence-corrected chi connectivity index (χ2v) is 23.3. The summed E-state index contributed by atoms with van der Waals surface area (Å²) in [4.78, 5) is 33.4. The first-order chi connectivity index (χ1) is 46.0. The highest BCUT2D eigenvalue weighted by molar-refractivity contribution is 6.16. The summed E-state index contributed by atoms with van der Waals surface area (Å²) in [7, 11) is 0. The Hall–Kier alpha value is -12.3. The third-order valence-electron chi connectivity index (χ3n) is 16.0. The Labute approximate surface area is 548 Å². The van der Waals surface area contributed by atoms with Crippen molar-refractivity contribution in [3.8, 4) is 98.1 Å². The fraction of sp³-hybridized carbons (Fsp3) is 0.114. The summed E-state index contributed by atoms with van der Waals surface area (Å²) in [5.74, 6) is 0.489. The molecule has 0 aliphatic rings. The van der Waals surface area contributed by atoms with Gasteiger partial charge in [0.1, 0.15) is 81.1 Å². The number of carbonyl (C=O) groups excluding carboxylic acids is 2. The van der Waals surface area contributed by atoms with Crippen molar-refractivity contribution in [1.29, 1.82) is 15.8 Å². The third kappa shape index (κ3) is 13.2. The minimum absolute atomic E-state index is 0.0105. The van der Waals surface area contributed by atoms with Gasteiger partial charge in [-0.05, 0) is 162 Å². The van der Waals surface area contributed by atoms with Crippen molar-refractivity contribution >= 4 is 11.6 Å². The number of carbonyl (C=O) groups is 2. The van der Waals surface area contributed by atoms with Crippen LogP contribution in [-0.4, -0.2) is 28.9 Å². The van der Waals surface area contributed by atoms with E-state index in [2.05, 4.69) is 11.1 Å². The molecule has 1 aromatic heterocycles. The molecule has 0 aliphatic carbocycles. The smallest absolute Gasteiger partial charge is 0.411 e. The van der Waals surface area contributed by atoms with Crippen LogP contribution in [0.4, 0.5) is 26.3 Å². The van der Waals surface area contributed by atoms with Gasteiger partial charge in [0.05, 0.1) is 5.56 Å². The summed E-state index contributed by atoms with van der Waals surface area (Å²) >= 11 is 0. The fourth-order valence-electron chi connectivity index (χ4n) is 11.2. The average Bonchev–Trinajstić information content (AvgIpc) is 0.719. The molecule has 0 aliphatic heterocycles. The van der Waals surface area contributed by atoms with Crippen molar-refractivity contribution in [1.82, 2.24) is 4.98 Å². The van der Waals surface area contributed by atoms with Crippen LogP contribution in [-0.2, 0) is 10.8 Å². The first kappa shape index (κ1) is 65.2. The summed E-state index contributed by atoms with van der Waals surface area (Å²) in [6, 6.07) is 63.3. The standard InChI is InChI=1S/C79H54F6N4O7/c1-48-23-38-59(62(42-48)74(90)50-15-7-6-8-16-50)52-26-39-61(63(43-52)75(91)51-24-31-57(32-25-51)95-73-22-9-10-41-89-73)60-17-12-19-69(65(60)46-87)94-58-37-40-72(67(44-58)76(3,4)5)96-71-21-13-20-70(66(71)47-88)93-56-35-29-54(30-36-56)77(78(80,81)82,79(83,84)85)53-27-33-55(34-28-53)92-68-18-11-14-49(2)64(68)45-86/h6-44H,1-5H3. The molecule has 0 spiro atoms. The maximum absolute atomic E-state index is 15.3. The molecule has 0 atom stereocenters. The van der Waals surface area contributed by atoms with Crippen molar-refractivity contribution < 1.29 is 59.6 Å². The van der Waals surface area contributed by atoms with Crippen molar-refractivity contribution in [2.75, 3.05) is 0 Å². The molecular weight excluding hydrogens is 1230 g/mol. The van der Waals surface area contributed by atoms with Crippen LogP contribution < -0.4 is 23.7 Å². The minimum Gasteiger partial charge on any atom is -0.456 e. The van der Waals surface area contributed by atoms with Gasteiger partial charge >= 0.3 is 12.4 Å². The van der Waals surface area contributed by atoms with Gasteiger partial charge in [0.15, 0.2) is 11.6 Å². The number of aryl methyl sites for hydroxylation is 2. The van der Waals surface area contributed by atoms with Crippen LogP contribution in [0, 0.1) is 47.8 Å². The minimum atomic E-state index is -5.92. The Balaban J connectivity index is 0.885. The highest BCUT2D eigenvalue weighted by Crippen LogP contribution is 2.57. The zero-order chi connectivity index (χ0) is 68.1. The van der Waals surface area contributed by atoms with Crippen molar-refractivity contribution in [3.63, 3.8) is 0 Å². The number of rotatable bonds is 18. The quantitative estimate of drug-likeness (QED) is 0.0593.